The Bertz CT molecular complexity index is 1200. The summed E-state index contributed by atoms with van der Waals surface area (Å²) in [7, 11) is 3.41. The zero-order valence-corrected chi connectivity index (χ0v) is 18.4. The molecule has 2 heterocycles. The minimum atomic E-state index is -0.634. The number of carbonyl (C=O) groups excluding carboxylic acids is 1. The average molecular weight is 431 g/mol. The van der Waals surface area contributed by atoms with Gasteiger partial charge in [0.15, 0.2) is 6.04 Å². The van der Waals surface area contributed by atoms with E-state index in [0.717, 1.165) is 34.5 Å². The Morgan fingerprint density at radius 2 is 2.09 bits per heavy atom. The maximum absolute atomic E-state index is 13.0. The second-order valence-electron chi connectivity index (χ2n) is 7.71. The lowest BCUT2D eigenvalue weighted by Crippen LogP contribution is -2.30. The second kappa shape index (κ2) is 9.05. The highest BCUT2D eigenvalue weighted by molar-refractivity contribution is 6.38. The van der Waals surface area contributed by atoms with Crippen LogP contribution in [0, 0.1) is 6.92 Å². The van der Waals surface area contributed by atoms with Crippen LogP contribution in [0.25, 0.3) is 5.69 Å². The van der Waals surface area contributed by atoms with Crippen LogP contribution in [-0.4, -0.2) is 53.0 Å². The van der Waals surface area contributed by atoms with E-state index in [1.165, 1.54) is 0 Å². The molecule has 8 nitrogen and oxygen atoms in total. The van der Waals surface area contributed by atoms with Gasteiger partial charge in [0.1, 0.15) is 11.5 Å². The number of hydrogen-bond acceptors (Lipinski definition) is 6. The highest BCUT2D eigenvalue weighted by atomic mass is 16.5. The molecule has 0 bridgehead atoms. The Balaban J connectivity index is 1.67. The number of benzene rings is 2. The van der Waals surface area contributed by atoms with Gasteiger partial charge in [0.2, 0.25) is 0 Å². The number of aromatic nitrogens is 2. The van der Waals surface area contributed by atoms with Crippen LogP contribution in [0.15, 0.2) is 65.1 Å². The van der Waals surface area contributed by atoms with Crippen LogP contribution in [-0.2, 0) is 11.2 Å². The fourth-order valence-corrected chi connectivity index (χ4v) is 3.84. The van der Waals surface area contributed by atoms with E-state index in [1.807, 2.05) is 60.2 Å². The Morgan fingerprint density at radius 1 is 1.28 bits per heavy atom. The summed E-state index contributed by atoms with van der Waals surface area (Å²) in [6.07, 6.45) is 6.02. The number of ether oxygens (including phenoxy) is 1. The van der Waals surface area contributed by atoms with Crippen molar-refractivity contribution in [3.63, 3.8) is 0 Å². The number of fused-ring (bicyclic) bond motifs is 1. The quantitative estimate of drug-likeness (QED) is 0.382. The molecule has 0 fully saturated rings. The van der Waals surface area contributed by atoms with Gasteiger partial charge in [-0.2, -0.15) is 5.10 Å². The largest absolute Gasteiger partial charge is 0.495 e. The molecule has 164 valence electrons. The molecule has 1 atom stereocenters. The Kier molecular flexibility index (Phi) is 6.02. The molecule has 2 aromatic carbocycles. The van der Waals surface area contributed by atoms with Gasteiger partial charge in [0, 0.05) is 25.4 Å². The van der Waals surface area contributed by atoms with Crippen LogP contribution in [0.1, 0.15) is 28.4 Å². The van der Waals surface area contributed by atoms with Crippen molar-refractivity contribution >= 4 is 17.8 Å². The molecule has 0 spiro atoms. The number of hydrogen-bond donors (Lipinski definition) is 1. The van der Waals surface area contributed by atoms with E-state index in [-0.39, 0.29) is 5.91 Å². The van der Waals surface area contributed by atoms with Crippen molar-refractivity contribution in [2.45, 2.75) is 19.4 Å². The zero-order chi connectivity index (χ0) is 22.7. The summed E-state index contributed by atoms with van der Waals surface area (Å²) < 4.78 is 7.47. The van der Waals surface area contributed by atoms with Crippen molar-refractivity contribution in [3.05, 3.63) is 77.4 Å². The van der Waals surface area contributed by atoms with Crippen LogP contribution in [0.4, 0.5) is 0 Å². The molecule has 4 rings (SSSR count). The molecular weight excluding hydrogens is 404 g/mol. The van der Waals surface area contributed by atoms with E-state index in [4.69, 9.17) is 10.6 Å². The molecule has 32 heavy (non-hydrogen) atoms. The number of aliphatic imine (C=N–C) groups is 1. The van der Waals surface area contributed by atoms with E-state index in [9.17, 15) is 4.79 Å². The van der Waals surface area contributed by atoms with Crippen molar-refractivity contribution in [3.8, 4) is 11.4 Å². The number of methoxy groups -OCH3 is 1. The summed E-state index contributed by atoms with van der Waals surface area (Å²) in [5.74, 6) is 6.29. The van der Waals surface area contributed by atoms with Gasteiger partial charge in [-0.05, 0) is 36.6 Å². The van der Waals surface area contributed by atoms with Crippen molar-refractivity contribution in [2.24, 2.45) is 15.9 Å². The molecule has 1 amide bonds. The molecular formula is C24H26N6O2. The third-order valence-corrected chi connectivity index (χ3v) is 5.63. The van der Waals surface area contributed by atoms with E-state index in [2.05, 4.69) is 15.1 Å². The molecule has 2 N–H and O–H groups in total. The highest BCUT2D eigenvalue weighted by Crippen LogP contribution is 2.28. The first-order valence-electron chi connectivity index (χ1n) is 10.3. The van der Waals surface area contributed by atoms with E-state index < -0.39 is 6.04 Å². The normalized spacial score (nSPS) is 16.8. The van der Waals surface area contributed by atoms with Crippen LogP contribution < -0.4 is 10.6 Å². The minimum absolute atomic E-state index is 0.0500. The molecule has 1 aliphatic heterocycles. The fourth-order valence-electron chi connectivity index (χ4n) is 3.84. The molecule has 0 saturated heterocycles. The Labute approximate surface area is 187 Å². The lowest BCUT2D eigenvalue weighted by molar-refractivity contribution is -0.131. The second-order valence-corrected chi connectivity index (χ2v) is 7.71. The van der Waals surface area contributed by atoms with Crippen LogP contribution >= 0.6 is 0 Å². The Morgan fingerprint density at radius 3 is 2.81 bits per heavy atom. The SMILES string of the molecule is COc1cc(/C(C=NC2C(=O)N(C)CCc3ccccc32)=N/N)ccc1-n1cnc(C)c1. The first kappa shape index (κ1) is 21.3. The summed E-state index contributed by atoms with van der Waals surface area (Å²) >= 11 is 0. The molecule has 1 unspecified atom stereocenters. The molecule has 1 aromatic heterocycles. The van der Waals surface area contributed by atoms with E-state index in [0.29, 0.717) is 18.0 Å². The van der Waals surface area contributed by atoms with Crippen LogP contribution in [0.5, 0.6) is 5.75 Å². The first-order valence-corrected chi connectivity index (χ1v) is 10.3. The number of aryl methyl sites for hydroxylation is 1. The number of imidazole rings is 1. The van der Waals surface area contributed by atoms with Crippen molar-refractivity contribution in [1.29, 1.82) is 0 Å². The standard InChI is InChI=1S/C24H26N6O2/c1-16-14-30(15-27-16)21-9-8-18(12-22(21)32-3)20(28-25)13-26-23-19-7-5-4-6-17(19)10-11-29(2)24(23)31/h4-9,12-15,23H,10-11,25H2,1-3H3/b26-13?,28-20+. The monoisotopic (exact) mass is 430 g/mol. The predicted octanol–water partition coefficient (Wildman–Crippen LogP) is 2.68. The molecule has 3 aromatic rings. The molecule has 1 aliphatic rings. The van der Waals surface area contributed by atoms with Gasteiger partial charge in [-0.25, -0.2) is 4.98 Å². The first-order chi connectivity index (χ1) is 15.5. The van der Waals surface area contributed by atoms with Gasteiger partial charge in [0.05, 0.1) is 31.0 Å². The van der Waals surface area contributed by atoms with Gasteiger partial charge in [-0.1, -0.05) is 30.3 Å². The van der Waals surface area contributed by atoms with Gasteiger partial charge < -0.3 is 20.0 Å². The number of nitrogens with zero attached hydrogens (tertiary/aromatic N) is 5. The predicted molar refractivity (Wildman–Crippen MR) is 125 cm³/mol. The van der Waals surface area contributed by atoms with Gasteiger partial charge in [-0.15, -0.1) is 0 Å². The summed E-state index contributed by atoms with van der Waals surface area (Å²) in [6.45, 7) is 2.59. The Hall–Kier alpha value is -3.94. The van der Waals surface area contributed by atoms with Crippen molar-refractivity contribution < 1.29 is 9.53 Å². The molecule has 0 radical (unpaired) electrons. The maximum Gasteiger partial charge on any atom is 0.251 e. The lowest BCUT2D eigenvalue weighted by atomic mass is 9.99. The highest BCUT2D eigenvalue weighted by Gasteiger charge is 2.28. The number of carbonyl (C=O) groups is 1. The lowest BCUT2D eigenvalue weighted by Gasteiger charge is -2.18. The number of nitrogens with two attached hydrogens (primary N) is 1. The molecule has 0 aliphatic carbocycles. The minimum Gasteiger partial charge on any atom is -0.495 e. The summed E-state index contributed by atoms with van der Waals surface area (Å²) in [5, 5.41) is 3.92. The van der Waals surface area contributed by atoms with Gasteiger partial charge >= 0.3 is 0 Å². The van der Waals surface area contributed by atoms with Gasteiger partial charge in [-0.3, -0.25) is 9.79 Å². The topological polar surface area (TPSA) is 98.1 Å². The van der Waals surface area contributed by atoms with Gasteiger partial charge in [0.25, 0.3) is 5.91 Å². The van der Waals surface area contributed by atoms with Crippen LogP contribution in [0.2, 0.25) is 0 Å². The maximum atomic E-state index is 13.0. The smallest absolute Gasteiger partial charge is 0.251 e. The third kappa shape index (κ3) is 4.12. The van der Waals surface area contributed by atoms with Crippen molar-refractivity contribution in [2.75, 3.05) is 20.7 Å². The summed E-state index contributed by atoms with van der Waals surface area (Å²) in [6, 6.07) is 12.9. The number of likely N-dealkylation sites (N-methyl/N-ethyl adjacent to an activating group) is 1. The summed E-state index contributed by atoms with van der Waals surface area (Å²) in [4.78, 5) is 23.6. The van der Waals surface area contributed by atoms with E-state index in [1.54, 1.807) is 31.6 Å². The number of hydrazone groups is 1. The average Bonchev–Trinajstić information content (AvgIpc) is 3.21. The molecule has 0 saturated carbocycles. The summed E-state index contributed by atoms with van der Waals surface area (Å²) in [5.41, 5.74) is 4.98. The third-order valence-electron chi connectivity index (χ3n) is 5.63. The van der Waals surface area contributed by atoms with E-state index >= 15 is 0 Å². The zero-order valence-electron chi connectivity index (χ0n) is 18.4. The van der Waals surface area contributed by atoms with Crippen molar-refractivity contribution in [1.82, 2.24) is 14.5 Å². The van der Waals surface area contributed by atoms with Crippen LogP contribution in [0.3, 0.4) is 0 Å². The number of amides is 1. The number of rotatable bonds is 5. The fraction of sp³-hybridized carbons (Fsp3) is 0.250. The molecule has 8 heteroatoms.